The van der Waals surface area contributed by atoms with Gasteiger partial charge in [0.1, 0.15) is 12.0 Å². The van der Waals surface area contributed by atoms with Gasteiger partial charge in [0, 0.05) is 12.0 Å². The maximum atomic E-state index is 12.2. The lowest BCUT2D eigenvalue weighted by Crippen LogP contribution is -2.06. The van der Waals surface area contributed by atoms with Gasteiger partial charge in [0.2, 0.25) is 0 Å². The fraction of sp³-hybridized carbons (Fsp3) is 0.200. The molecule has 3 heteroatoms. The van der Waals surface area contributed by atoms with Crippen molar-refractivity contribution in [3.63, 3.8) is 0 Å². The summed E-state index contributed by atoms with van der Waals surface area (Å²) in [4.78, 5) is 23.2. The molecule has 0 unspecified atom stereocenters. The van der Waals surface area contributed by atoms with E-state index in [0.717, 1.165) is 23.0 Å². The molecular weight excluding hydrogens is 288 g/mol. The first-order chi connectivity index (χ1) is 11.2. The Morgan fingerprint density at radius 3 is 2.52 bits per heavy atom. The zero-order valence-corrected chi connectivity index (χ0v) is 13.0. The molecule has 23 heavy (non-hydrogen) atoms. The summed E-state index contributed by atoms with van der Waals surface area (Å²) in [6.07, 6.45) is 2.03. The Bertz CT molecular complexity index is 759. The SMILES string of the molecule is C/C(C[C@@H](CC=O)c1ccccc1)=C1\C(=O)Oc2ccccc21. The van der Waals surface area contributed by atoms with Crippen LogP contribution in [0.15, 0.2) is 60.2 Å². The zero-order valence-electron chi connectivity index (χ0n) is 13.0. The molecular formula is C20H18O3. The molecule has 0 spiro atoms. The van der Waals surface area contributed by atoms with Crippen LogP contribution < -0.4 is 4.74 Å². The lowest BCUT2D eigenvalue weighted by atomic mass is 9.87. The van der Waals surface area contributed by atoms with Crippen molar-refractivity contribution >= 4 is 17.8 Å². The van der Waals surface area contributed by atoms with E-state index in [4.69, 9.17) is 4.74 Å². The van der Waals surface area contributed by atoms with Crippen LogP contribution in [0, 0.1) is 0 Å². The second kappa shape index (κ2) is 6.61. The van der Waals surface area contributed by atoms with E-state index < -0.39 is 0 Å². The van der Waals surface area contributed by atoms with Gasteiger partial charge < -0.3 is 9.53 Å². The van der Waals surface area contributed by atoms with Gasteiger partial charge in [-0.25, -0.2) is 4.79 Å². The van der Waals surface area contributed by atoms with Gasteiger partial charge in [0.25, 0.3) is 0 Å². The topological polar surface area (TPSA) is 43.4 Å². The Morgan fingerprint density at radius 1 is 1.09 bits per heavy atom. The predicted octanol–water partition coefficient (Wildman–Crippen LogP) is 4.14. The first-order valence-corrected chi connectivity index (χ1v) is 7.70. The third-order valence-electron chi connectivity index (χ3n) is 4.19. The number of hydrogen-bond acceptors (Lipinski definition) is 3. The van der Waals surface area contributed by atoms with Crippen molar-refractivity contribution < 1.29 is 14.3 Å². The van der Waals surface area contributed by atoms with Gasteiger partial charge in [-0.15, -0.1) is 0 Å². The molecule has 0 saturated carbocycles. The highest BCUT2D eigenvalue weighted by Gasteiger charge is 2.29. The average Bonchev–Trinajstić information content (AvgIpc) is 2.91. The van der Waals surface area contributed by atoms with Crippen LogP contribution in [0.3, 0.4) is 0 Å². The monoisotopic (exact) mass is 306 g/mol. The predicted molar refractivity (Wildman–Crippen MR) is 89.2 cm³/mol. The number of para-hydroxylation sites is 1. The molecule has 0 saturated heterocycles. The summed E-state index contributed by atoms with van der Waals surface area (Å²) in [5.41, 5.74) is 3.54. The molecule has 2 aromatic carbocycles. The second-order valence-corrected chi connectivity index (χ2v) is 5.76. The number of fused-ring (bicyclic) bond motifs is 1. The molecule has 0 aliphatic carbocycles. The standard InChI is InChI=1S/C20H18O3/c1-14(13-16(11-12-21)15-7-3-2-4-8-15)19-17-9-5-6-10-18(17)23-20(19)22/h2-10,12,16H,11,13H2,1H3/b19-14+/t16-/m1/s1. The Balaban J connectivity index is 1.94. The smallest absolute Gasteiger partial charge is 0.344 e. The van der Waals surface area contributed by atoms with Gasteiger partial charge in [-0.3, -0.25) is 0 Å². The fourth-order valence-electron chi connectivity index (χ4n) is 3.08. The van der Waals surface area contributed by atoms with Gasteiger partial charge in [0.15, 0.2) is 0 Å². The van der Waals surface area contributed by atoms with E-state index in [-0.39, 0.29) is 11.9 Å². The van der Waals surface area contributed by atoms with Crippen LogP contribution in [-0.2, 0) is 9.59 Å². The normalized spacial score (nSPS) is 16.5. The van der Waals surface area contributed by atoms with E-state index in [9.17, 15) is 9.59 Å². The number of hydrogen-bond donors (Lipinski definition) is 0. The summed E-state index contributed by atoms with van der Waals surface area (Å²) in [6.45, 7) is 1.94. The molecule has 1 aliphatic heterocycles. The zero-order chi connectivity index (χ0) is 16.2. The molecule has 0 fully saturated rings. The Labute approximate surface area is 135 Å². The lowest BCUT2D eigenvalue weighted by Gasteiger charge is -2.16. The number of carbonyl (C=O) groups excluding carboxylic acids is 2. The van der Waals surface area contributed by atoms with E-state index in [1.54, 1.807) is 6.07 Å². The molecule has 2 aromatic rings. The molecule has 1 aliphatic rings. The highest BCUT2D eigenvalue weighted by atomic mass is 16.5. The minimum atomic E-state index is -0.304. The van der Waals surface area contributed by atoms with Crippen LogP contribution in [0.25, 0.3) is 5.57 Å². The highest BCUT2D eigenvalue weighted by Crippen LogP contribution is 2.38. The first kappa shape index (κ1) is 15.2. The minimum absolute atomic E-state index is 0.0711. The molecule has 116 valence electrons. The van der Waals surface area contributed by atoms with Crippen molar-refractivity contribution in [2.45, 2.75) is 25.7 Å². The molecule has 0 amide bonds. The van der Waals surface area contributed by atoms with Crippen LogP contribution >= 0.6 is 0 Å². The highest BCUT2D eigenvalue weighted by molar-refractivity contribution is 6.22. The summed E-state index contributed by atoms with van der Waals surface area (Å²) >= 11 is 0. The van der Waals surface area contributed by atoms with Crippen LogP contribution in [0.2, 0.25) is 0 Å². The van der Waals surface area contributed by atoms with Crippen molar-refractivity contribution in [2.24, 2.45) is 0 Å². The molecule has 1 atom stereocenters. The van der Waals surface area contributed by atoms with Gasteiger partial charge in [-0.2, -0.15) is 0 Å². The van der Waals surface area contributed by atoms with Gasteiger partial charge >= 0.3 is 5.97 Å². The number of aldehydes is 1. The quantitative estimate of drug-likeness (QED) is 0.361. The van der Waals surface area contributed by atoms with Gasteiger partial charge in [0.05, 0.1) is 5.57 Å². The number of esters is 1. The maximum absolute atomic E-state index is 12.2. The van der Waals surface area contributed by atoms with Crippen molar-refractivity contribution in [1.82, 2.24) is 0 Å². The Kier molecular flexibility index (Phi) is 4.38. The van der Waals surface area contributed by atoms with Gasteiger partial charge in [-0.1, -0.05) is 54.1 Å². The molecule has 0 N–H and O–H groups in total. The number of benzene rings is 2. The van der Waals surface area contributed by atoms with Crippen LogP contribution in [0.4, 0.5) is 0 Å². The van der Waals surface area contributed by atoms with Crippen molar-refractivity contribution in [3.8, 4) is 5.75 Å². The van der Waals surface area contributed by atoms with E-state index in [1.807, 2.05) is 55.5 Å². The summed E-state index contributed by atoms with van der Waals surface area (Å²) in [5, 5.41) is 0. The van der Waals surface area contributed by atoms with Gasteiger partial charge in [-0.05, 0) is 30.9 Å². The number of rotatable bonds is 5. The van der Waals surface area contributed by atoms with Crippen molar-refractivity contribution in [3.05, 3.63) is 71.3 Å². The summed E-state index contributed by atoms with van der Waals surface area (Å²) in [5.74, 6) is 0.377. The lowest BCUT2D eigenvalue weighted by molar-refractivity contribution is -0.127. The Morgan fingerprint density at radius 2 is 1.78 bits per heavy atom. The summed E-state index contributed by atoms with van der Waals surface area (Å²) in [7, 11) is 0. The third kappa shape index (κ3) is 3.09. The summed E-state index contributed by atoms with van der Waals surface area (Å²) < 4.78 is 5.32. The number of allylic oxidation sites excluding steroid dienone is 1. The van der Waals surface area contributed by atoms with E-state index in [0.29, 0.717) is 24.2 Å². The minimum Gasteiger partial charge on any atom is -0.422 e. The maximum Gasteiger partial charge on any atom is 0.344 e. The molecule has 0 radical (unpaired) electrons. The Hall–Kier alpha value is -2.68. The largest absolute Gasteiger partial charge is 0.422 e. The average molecular weight is 306 g/mol. The van der Waals surface area contributed by atoms with Crippen molar-refractivity contribution in [2.75, 3.05) is 0 Å². The molecule has 0 aromatic heterocycles. The fourth-order valence-corrected chi connectivity index (χ4v) is 3.08. The molecule has 0 bridgehead atoms. The van der Waals surface area contributed by atoms with E-state index in [1.165, 1.54) is 0 Å². The van der Waals surface area contributed by atoms with Crippen LogP contribution in [0.1, 0.15) is 36.8 Å². The number of carbonyl (C=O) groups is 2. The van der Waals surface area contributed by atoms with Crippen LogP contribution in [-0.4, -0.2) is 12.3 Å². The third-order valence-corrected chi connectivity index (χ3v) is 4.19. The molecule has 3 nitrogen and oxygen atoms in total. The first-order valence-electron chi connectivity index (χ1n) is 7.70. The van der Waals surface area contributed by atoms with E-state index in [2.05, 4.69) is 0 Å². The van der Waals surface area contributed by atoms with Crippen LogP contribution in [0.5, 0.6) is 5.75 Å². The summed E-state index contributed by atoms with van der Waals surface area (Å²) in [6, 6.07) is 17.4. The molecule has 1 heterocycles. The molecule has 3 rings (SSSR count). The van der Waals surface area contributed by atoms with Crippen molar-refractivity contribution in [1.29, 1.82) is 0 Å². The number of ether oxygens (including phenoxy) is 1. The second-order valence-electron chi connectivity index (χ2n) is 5.76. The van der Waals surface area contributed by atoms with E-state index >= 15 is 0 Å².